The summed E-state index contributed by atoms with van der Waals surface area (Å²) in [6.45, 7) is -0.462. The first-order chi connectivity index (χ1) is 5.06. The summed E-state index contributed by atoms with van der Waals surface area (Å²) < 4.78 is 0. The van der Waals surface area contributed by atoms with Crippen LogP contribution >= 0.6 is 0 Å². The van der Waals surface area contributed by atoms with Crippen LogP contribution < -0.4 is 0 Å². The molecule has 11 heavy (non-hydrogen) atoms. The molecule has 0 rings (SSSR count). The van der Waals surface area contributed by atoms with Crippen LogP contribution in [0.1, 0.15) is 12.8 Å². The Morgan fingerprint density at radius 3 is 2.18 bits per heavy atom. The monoisotopic (exact) mass is 164 g/mol. The van der Waals surface area contributed by atoms with Crippen molar-refractivity contribution in [1.82, 2.24) is 0 Å². The minimum Gasteiger partial charge on any atom is -0.481 e. The number of aliphatic carboxylic acids is 1. The third-order valence-corrected chi connectivity index (χ3v) is 1.17. The van der Waals surface area contributed by atoms with Gasteiger partial charge in [0, 0.05) is 6.42 Å². The van der Waals surface area contributed by atoms with Gasteiger partial charge in [0.1, 0.15) is 0 Å². The Labute approximate surface area is 63.9 Å². The normalized spacial score (nSPS) is 15.9. The van der Waals surface area contributed by atoms with Crippen molar-refractivity contribution < 1.29 is 25.2 Å². The average molecular weight is 164 g/mol. The summed E-state index contributed by atoms with van der Waals surface area (Å²) in [7, 11) is 0. The number of carboxylic acid groups (broad SMARTS) is 1. The first kappa shape index (κ1) is 10.3. The van der Waals surface area contributed by atoms with E-state index < -0.39 is 31.2 Å². The molecule has 0 saturated heterocycles. The Morgan fingerprint density at radius 2 is 1.82 bits per heavy atom. The first-order valence-electron chi connectivity index (χ1n) is 3.25. The van der Waals surface area contributed by atoms with E-state index in [1.807, 2.05) is 0 Å². The van der Waals surface area contributed by atoms with Crippen LogP contribution in [0.2, 0.25) is 0 Å². The van der Waals surface area contributed by atoms with E-state index in [4.69, 9.17) is 20.4 Å². The van der Waals surface area contributed by atoms with Gasteiger partial charge in [-0.3, -0.25) is 4.79 Å². The Balaban J connectivity index is 3.51. The highest BCUT2D eigenvalue weighted by Crippen LogP contribution is 2.01. The van der Waals surface area contributed by atoms with Crippen LogP contribution in [0.4, 0.5) is 0 Å². The van der Waals surface area contributed by atoms with Crippen molar-refractivity contribution in [2.45, 2.75) is 25.0 Å². The molecule has 0 radical (unpaired) electrons. The zero-order chi connectivity index (χ0) is 8.85. The van der Waals surface area contributed by atoms with Crippen LogP contribution in [0.15, 0.2) is 0 Å². The van der Waals surface area contributed by atoms with Crippen molar-refractivity contribution in [1.29, 1.82) is 0 Å². The van der Waals surface area contributed by atoms with Crippen LogP contribution in [0.25, 0.3) is 0 Å². The fourth-order valence-electron chi connectivity index (χ4n) is 0.673. The molecular formula is C6H12O5. The second-order valence-electron chi connectivity index (χ2n) is 2.32. The van der Waals surface area contributed by atoms with E-state index >= 15 is 0 Å². The van der Waals surface area contributed by atoms with E-state index in [2.05, 4.69) is 0 Å². The molecule has 0 unspecified atom stereocenters. The number of carboxylic acids is 1. The maximum atomic E-state index is 9.98. The lowest BCUT2D eigenvalue weighted by atomic mass is 10.1. The van der Waals surface area contributed by atoms with E-state index in [0.29, 0.717) is 0 Å². The molecule has 0 aromatic heterocycles. The van der Waals surface area contributed by atoms with Gasteiger partial charge in [0.2, 0.25) is 0 Å². The molecular weight excluding hydrogens is 152 g/mol. The van der Waals surface area contributed by atoms with Crippen molar-refractivity contribution >= 4 is 5.97 Å². The summed E-state index contributed by atoms with van der Waals surface area (Å²) in [5.41, 5.74) is 0. The number of aliphatic hydroxyl groups is 3. The molecule has 0 aliphatic rings. The summed E-state index contributed by atoms with van der Waals surface area (Å²) in [5, 5.41) is 34.1. The van der Waals surface area contributed by atoms with E-state index in [1.165, 1.54) is 0 Å². The molecule has 0 aromatic rings. The molecule has 66 valence electrons. The van der Waals surface area contributed by atoms with Crippen LogP contribution in [0, 0.1) is 0 Å². The summed E-state index contributed by atoms with van der Waals surface area (Å²) in [4.78, 5) is 9.98. The maximum absolute atomic E-state index is 9.98. The van der Waals surface area contributed by atoms with E-state index in [-0.39, 0.29) is 6.42 Å². The predicted octanol–water partition coefficient (Wildman–Crippen LogP) is -1.43. The third kappa shape index (κ3) is 5.78. The molecule has 0 aliphatic carbocycles. The smallest absolute Gasteiger partial charge is 0.305 e. The molecule has 2 atom stereocenters. The fourth-order valence-corrected chi connectivity index (χ4v) is 0.673. The van der Waals surface area contributed by atoms with Gasteiger partial charge >= 0.3 is 5.97 Å². The zero-order valence-corrected chi connectivity index (χ0v) is 5.97. The molecule has 0 saturated carbocycles. The van der Waals surface area contributed by atoms with E-state index in [9.17, 15) is 4.79 Å². The highest BCUT2D eigenvalue weighted by atomic mass is 16.4. The quantitative estimate of drug-likeness (QED) is 0.399. The zero-order valence-electron chi connectivity index (χ0n) is 5.97. The highest BCUT2D eigenvalue weighted by molar-refractivity contribution is 5.67. The van der Waals surface area contributed by atoms with Gasteiger partial charge in [0.25, 0.3) is 0 Å². The largest absolute Gasteiger partial charge is 0.481 e. The van der Waals surface area contributed by atoms with Crippen molar-refractivity contribution in [3.05, 3.63) is 0 Å². The molecule has 0 bridgehead atoms. The number of hydrogen-bond donors (Lipinski definition) is 4. The topological polar surface area (TPSA) is 98.0 Å². The Hall–Kier alpha value is -0.650. The molecule has 0 amide bonds. The minimum atomic E-state index is -1.12. The van der Waals surface area contributed by atoms with Gasteiger partial charge in [0.05, 0.1) is 25.2 Å². The highest BCUT2D eigenvalue weighted by Gasteiger charge is 2.13. The lowest BCUT2D eigenvalue weighted by Crippen LogP contribution is -2.22. The van der Waals surface area contributed by atoms with Gasteiger partial charge < -0.3 is 20.4 Å². The van der Waals surface area contributed by atoms with Gasteiger partial charge in [-0.05, 0) is 0 Å². The number of aliphatic hydroxyl groups excluding tert-OH is 3. The number of carbonyl (C=O) groups is 1. The second kappa shape index (κ2) is 5.06. The SMILES string of the molecule is O=C(O)C[C@@H](O)C[C@H](O)CO. The van der Waals surface area contributed by atoms with Crippen molar-refractivity contribution in [2.24, 2.45) is 0 Å². The lowest BCUT2D eigenvalue weighted by Gasteiger charge is -2.10. The summed E-state index contributed by atoms with van der Waals surface area (Å²) in [6, 6.07) is 0. The van der Waals surface area contributed by atoms with Gasteiger partial charge in [-0.25, -0.2) is 0 Å². The van der Waals surface area contributed by atoms with Crippen molar-refractivity contribution in [3.63, 3.8) is 0 Å². The Kier molecular flexibility index (Phi) is 4.76. The van der Waals surface area contributed by atoms with Gasteiger partial charge in [-0.15, -0.1) is 0 Å². The van der Waals surface area contributed by atoms with Gasteiger partial charge in [-0.1, -0.05) is 0 Å². The molecule has 4 N–H and O–H groups in total. The summed E-state index contributed by atoms with van der Waals surface area (Å²) in [6.07, 6.45) is -2.64. The first-order valence-corrected chi connectivity index (χ1v) is 3.25. The Morgan fingerprint density at radius 1 is 1.27 bits per heavy atom. The molecule has 0 fully saturated rings. The molecule has 0 spiro atoms. The number of hydrogen-bond acceptors (Lipinski definition) is 4. The number of rotatable bonds is 5. The van der Waals surface area contributed by atoms with Crippen LogP contribution in [-0.4, -0.2) is 45.2 Å². The van der Waals surface area contributed by atoms with E-state index in [0.717, 1.165) is 0 Å². The Bertz CT molecular complexity index is 124. The predicted molar refractivity (Wildman–Crippen MR) is 36.0 cm³/mol. The van der Waals surface area contributed by atoms with Gasteiger partial charge in [0.15, 0.2) is 0 Å². The van der Waals surface area contributed by atoms with E-state index in [1.54, 1.807) is 0 Å². The van der Waals surface area contributed by atoms with Crippen LogP contribution in [0.5, 0.6) is 0 Å². The standard InChI is InChI=1S/C6H12O5/c7-3-5(9)1-4(8)2-6(10)11/h4-5,7-9H,1-3H2,(H,10,11)/t4-,5-/m0/s1. The summed E-state index contributed by atoms with van der Waals surface area (Å²) >= 11 is 0. The average Bonchev–Trinajstić information content (AvgIpc) is 1.85. The lowest BCUT2D eigenvalue weighted by molar-refractivity contribution is -0.139. The molecule has 5 heteroatoms. The van der Waals surface area contributed by atoms with Crippen molar-refractivity contribution in [2.75, 3.05) is 6.61 Å². The molecule has 0 heterocycles. The molecule has 0 aromatic carbocycles. The molecule has 5 nitrogen and oxygen atoms in total. The third-order valence-electron chi connectivity index (χ3n) is 1.17. The van der Waals surface area contributed by atoms with Crippen LogP contribution in [0.3, 0.4) is 0 Å². The summed E-state index contributed by atoms with van der Waals surface area (Å²) in [5.74, 6) is -1.12. The minimum absolute atomic E-state index is 0.108. The maximum Gasteiger partial charge on any atom is 0.305 e. The van der Waals surface area contributed by atoms with Gasteiger partial charge in [-0.2, -0.15) is 0 Å². The van der Waals surface area contributed by atoms with Crippen LogP contribution in [-0.2, 0) is 4.79 Å². The second-order valence-corrected chi connectivity index (χ2v) is 2.32. The van der Waals surface area contributed by atoms with Crippen molar-refractivity contribution in [3.8, 4) is 0 Å². The fraction of sp³-hybridized carbons (Fsp3) is 0.833. The molecule has 0 aliphatic heterocycles.